The summed E-state index contributed by atoms with van der Waals surface area (Å²) in [7, 11) is 0. The van der Waals surface area contributed by atoms with E-state index in [0.29, 0.717) is 48.3 Å². The van der Waals surface area contributed by atoms with E-state index in [1.165, 1.54) is 18.5 Å². The Morgan fingerprint density at radius 2 is 1.94 bits per heavy atom. The van der Waals surface area contributed by atoms with Gasteiger partial charge in [0, 0.05) is 23.6 Å². The normalized spacial score (nSPS) is 15.5. The summed E-state index contributed by atoms with van der Waals surface area (Å²) >= 11 is 5.93. The van der Waals surface area contributed by atoms with E-state index in [1.54, 1.807) is 6.07 Å². The van der Waals surface area contributed by atoms with Crippen LogP contribution in [0.5, 0.6) is 11.5 Å². The lowest BCUT2D eigenvalue weighted by molar-refractivity contribution is 0.137. The molecule has 1 N–H and O–H groups in total. The summed E-state index contributed by atoms with van der Waals surface area (Å²) in [6.07, 6.45) is 2.24. The number of halogens is 2. The lowest BCUT2D eigenvalue weighted by Gasteiger charge is -2.18. The summed E-state index contributed by atoms with van der Waals surface area (Å²) in [4.78, 5) is 8.78. The summed E-state index contributed by atoms with van der Waals surface area (Å²) in [6, 6.07) is 18.0. The maximum absolute atomic E-state index is 13.6. The van der Waals surface area contributed by atoms with Crippen LogP contribution in [0.25, 0.3) is 10.9 Å². The Hall–Kier alpha value is -3.42. The van der Waals surface area contributed by atoms with Crippen LogP contribution in [0, 0.1) is 5.82 Å². The number of hydrogen-bond donors (Lipinski definition) is 1. The van der Waals surface area contributed by atoms with Crippen molar-refractivity contribution in [3.8, 4) is 11.5 Å². The monoisotopic (exact) mass is 465 g/mol. The van der Waals surface area contributed by atoms with Crippen LogP contribution in [0.4, 0.5) is 15.9 Å². The first-order valence-corrected chi connectivity index (χ1v) is 11.0. The number of rotatable bonds is 7. The van der Waals surface area contributed by atoms with E-state index >= 15 is 0 Å². The Morgan fingerprint density at radius 1 is 1.06 bits per heavy atom. The van der Waals surface area contributed by atoms with Crippen LogP contribution in [0.3, 0.4) is 0 Å². The van der Waals surface area contributed by atoms with Gasteiger partial charge in [0.25, 0.3) is 0 Å². The first-order chi connectivity index (χ1) is 16.2. The van der Waals surface area contributed by atoms with Crippen molar-refractivity contribution >= 4 is 34.0 Å². The van der Waals surface area contributed by atoms with Gasteiger partial charge in [-0.3, -0.25) is 0 Å². The number of aromatic nitrogens is 2. The first kappa shape index (κ1) is 21.4. The lowest BCUT2D eigenvalue weighted by Crippen LogP contribution is -2.16. The molecule has 0 aliphatic carbocycles. The fourth-order valence-electron chi connectivity index (χ4n) is 3.60. The van der Waals surface area contributed by atoms with Gasteiger partial charge in [0.1, 0.15) is 30.7 Å². The van der Waals surface area contributed by atoms with Crippen LogP contribution < -0.4 is 14.8 Å². The van der Waals surface area contributed by atoms with Crippen LogP contribution >= 0.6 is 11.6 Å². The summed E-state index contributed by atoms with van der Waals surface area (Å²) in [5, 5.41) is 3.95. The molecule has 1 unspecified atom stereocenters. The highest BCUT2D eigenvalue weighted by molar-refractivity contribution is 6.31. The van der Waals surface area contributed by atoms with E-state index in [9.17, 15) is 4.39 Å². The lowest BCUT2D eigenvalue weighted by atomic mass is 10.2. The van der Waals surface area contributed by atoms with E-state index in [1.807, 2.05) is 42.5 Å². The molecule has 2 heterocycles. The molecule has 33 heavy (non-hydrogen) atoms. The molecule has 1 fully saturated rings. The second-order valence-corrected chi connectivity index (χ2v) is 8.08. The zero-order valence-corrected chi connectivity index (χ0v) is 18.4. The number of hydrogen-bond acceptors (Lipinski definition) is 6. The Kier molecular flexibility index (Phi) is 6.24. The molecule has 0 bridgehead atoms. The second kappa shape index (κ2) is 9.60. The molecule has 1 aromatic heterocycles. The Morgan fingerprint density at radius 3 is 2.73 bits per heavy atom. The first-order valence-electron chi connectivity index (χ1n) is 10.6. The predicted molar refractivity (Wildman–Crippen MR) is 125 cm³/mol. The number of nitrogens with zero attached hydrogens (tertiary/aromatic N) is 2. The topological polar surface area (TPSA) is 65.5 Å². The van der Waals surface area contributed by atoms with Crippen LogP contribution in [0.15, 0.2) is 67.0 Å². The van der Waals surface area contributed by atoms with Gasteiger partial charge >= 0.3 is 0 Å². The maximum Gasteiger partial charge on any atom is 0.163 e. The van der Waals surface area contributed by atoms with Crippen LogP contribution in [-0.4, -0.2) is 29.3 Å². The highest BCUT2D eigenvalue weighted by atomic mass is 35.5. The highest BCUT2D eigenvalue weighted by Gasteiger charge is 2.21. The molecule has 1 aliphatic rings. The van der Waals surface area contributed by atoms with Crippen molar-refractivity contribution in [2.45, 2.75) is 19.1 Å². The maximum atomic E-state index is 13.6. The molecule has 168 valence electrons. The Bertz CT molecular complexity index is 1270. The standard InChI is InChI=1S/C25H21ClFN3O3/c26-20-10-17(6-7-21(20)27)30-25-19-11-23(32-13-16-4-2-1-3-5-16)24(12-22(19)28-15-29-25)33-18-8-9-31-14-18/h1-7,10-12,15,18H,8-9,13-14H2,(H,28,29,30). The fraction of sp³-hybridized carbons (Fsp3) is 0.200. The van der Waals surface area contributed by atoms with Gasteiger partial charge in [0.15, 0.2) is 11.5 Å². The second-order valence-electron chi connectivity index (χ2n) is 7.67. The number of ether oxygens (including phenoxy) is 3. The molecule has 4 aromatic rings. The molecule has 3 aromatic carbocycles. The summed E-state index contributed by atoms with van der Waals surface area (Å²) in [5.74, 6) is 1.24. The molecular weight excluding hydrogens is 445 g/mol. The van der Waals surface area contributed by atoms with Crippen molar-refractivity contribution in [1.82, 2.24) is 9.97 Å². The minimum absolute atomic E-state index is 0.0275. The van der Waals surface area contributed by atoms with Crippen molar-refractivity contribution in [3.05, 3.63) is 83.4 Å². The van der Waals surface area contributed by atoms with Gasteiger partial charge in [-0.1, -0.05) is 41.9 Å². The molecule has 1 atom stereocenters. The molecule has 1 aliphatic heterocycles. The van der Waals surface area contributed by atoms with E-state index in [0.717, 1.165) is 17.4 Å². The largest absolute Gasteiger partial charge is 0.485 e. The summed E-state index contributed by atoms with van der Waals surface area (Å²) < 4.78 is 31.4. The molecule has 5 rings (SSSR count). The average Bonchev–Trinajstić information content (AvgIpc) is 3.34. The average molecular weight is 466 g/mol. The van der Waals surface area contributed by atoms with Gasteiger partial charge in [0.2, 0.25) is 0 Å². The van der Waals surface area contributed by atoms with Gasteiger partial charge in [-0.25, -0.2) is 14.4 Å². The molecule has 0 spiro atoms. The van der Waals surface area contributed by atoms with Crippen molar-refractivity contribution in [2.24, 2.45) is 0 Å². The molecule has 8 heteroatoms. The summed E-state index contributed by atoms with van der Waals surface area (Å²) in [5.41, 5.74) is 2.33. The highest BCUT2D eigenvalue weighted by Crippen LogP contribution is 2.37. The number of benzene rings is 3. The van der Waals surface area contributed by atoms with Gasteiger partial charge < -0.3 is 19.5 Å². The third-order valence-electron chi connectivity index (χ3n) is 5.30. The van der Waals surface area contributed by atoms with Crippen molar-refractivity contribution in [2.75, 3.05) is 18.5 Å². The van der Waals surface area contributed by atoms with E-state index in [-0.39, 0.29) is 11.1 Å². The smallest absolute Gasteiger partial charge is 0.163 e. The van der Waals surface area contributed by atoms with Crippen LogP contribution in [0.2, 0.25) is 5.02 Å². The van der Waals surface area contributed by atoms with Gasteiger partial charge in [-0.15, -0.1) is 0 Å². The third kappa shape index (κ3) is 4.99. The van der Waals surface area contributed by atoms with E-state index < -0.39 is 5.82 Å². The molecule has 0 saturated carbocycles. The Balaban J connectivity index is 1.50. The van der Waals surface area contributed by atoms with E-state index in [2.05, 4.69) is 15.3 Å². The van der Waals surface area contributed by atoms with Crippen LogP contribution in [0.1, 0.15) is 12.0 Å². The van der Waals surface area contributed by atoms with Crippen molar-refractivity contribution in [3.63, 3.8) is 0 Å². The Labute approximate surface area is 195 Å². The number of anilines is 2. The van der Waals surface area contributed by atoms with Gasteiger partial charge in [-0.05, 0) is 29.8 Å². The fourth-order valence-corrected chi connectivity index (χ4v) is 3.78. The van der Waals surface area contributed by atoms with Crippen molar-refractivity contribution in [1.29, 1.82) is 0 Å². The molecular formula is C25H21ClFN3O3. The number of nitrogens with one attached hydrogen (secondary N) is 1. The molecule has 1 saturated heterocycles. The SMILES string of the molecule is Fc1ccc(Nc2ncnc3cc(OC4CCOC4)c(OCc4ccccc4)cc23)cc1Cl. The number of fused-ring (bicyclic) bond motifs is 1. The third-order valence-corrected chi connectivity index (χ3v) is 5.59. The molecule has 0 amide bonds. The van der Waals surface area contributed by atoms with Crippen LogP contribution in [-0.2, 0) is 11.3 Å². The quantitative estimate of drug-likeness (QED) is 0.366. The van der Waals surface area contributed by atoms with Gasteiger partial charge in [-0.2, -0.15) is 0 Å². The molecule has 6 nitrogen and oxygen atoms in total. The van der Waals surface area contributed by atoms with Crippen molar-refractivity contribution < 1.29 is 18.6 Å². The minimum Gasteiger partial charge on any atom is -0.485 e. The zero-order valence-electron chi connectivity index (χ0n) is 17.6. The zero-order chi connectivity index (χ0) is 22.6. The van der Waals surface area contributed by atoms with Gasteiger partial charge in [0.05, 0.1) is 23.8 Å². The predicted octanol–water partition coefficient (Wildman–Crippen LogP) is 5.91. The summed E-state index contributed by atoms with van der Waals surface area (Å²) in [6.45, 7) is 1.60. The van der Waals surface area contributed by atoms with E-state index in [4.69, 9.17) is 25.8 Å². The minimum atomic E-state index is -0.482. The molecule has 0 radical (unpaired) electrons.